The Kier molecular flexibility index (Phi) is 5.55. The molecule has 0 spiro atoms. The molecule has 0 atom stereocenters. The van der Waals surface area contributed by atoms with Crippen LogP contribution < -0.4 is 15.2 Å². The van der Waals surface area contributed by atoms with Crippen molar-refractivity contribution >= 4 is 5.65 Å². The summed E-state index contributed by atoms with van der Waals surface area (Å²) in [6.07, 6.45) is 6.41. The van der Waals surface area contributed by atoms with Gasteiger partial charge in [0, 0.05) is 24.0 Å². The molecule has 0 saturated heterocycles. The number of nitriles is 1. The zero-order chi connectivity index (χ0) is 24.5. The van der Waals surface area contributed by atoms with Crippen LogP contribution in [0.25, 0.3) is 27.9 Å². The lowest BCUT2D eigenvalue weighted by Crippen LogP contribution is -2.44. The van der Waals surface area contributed by atoms with E-state index in [0.29, 0.717) is 16.8 Å². The predicted molar refractivity (Wildman–Crippen MR) is 130 cm³/mol. The standard InChI is InChI=1S/C28H21N5O2/c1-18-9-22(24-7-6-20(13-29)11-19(24)2)12-23(10-18)26-27(34)32-8-4-3-5-25(32)33(28(26)35)16-21-14-30-17-31-15-21/h3-12,14-15,17H,16H2,1-2H3. The summed E-state index contributed by atoms with van der Waals surface area (Å²) in [4.78, 5) is 21.7. The largest absolute Gasteiger partial charge is 0.842 e. The van der Waals surface area contributed by atoms with Gasteiger partial charge in [0.2, 0.25) is 0 Å². The number of nitrogens with zero attached hydrogens (tertiary/aromatic N) is 5. The second-order valence-electron chi connectivity index (χ2n) is 8.48. The van der Waals surface area contributed by atoms with Crippen LogP contribution in [0.5, 0.6) is 5.88 Å². The minimum absolute atomic E-state index is 0.0989. The highest BCUT2D eigenvalue weighted by Crippen LogP contribution is 2.31. The van der Waals surface area contributed by atoms with Gasteiger partial charge in [-0.15, -0.1) is 0 Å². The van der Waals surface area contributed by atoms with E-state index in [4.69, 9.17) is 0 Å². The van der Waals surface area contributed by atoms with Gasteiger partial charge in [-0.1, -0.05) is 24.3 Å². The van der Waals surface area contributed by atoms with Crippen LogP contribution in [0.4, 0.5) is 0 Å². The molecule has 0 bridgehead atoms. The molecule has 35 heavy (non-hydrogen) atoms. The number of hydrogen-bond acceptors (Lipinski definition) is 5. The molecule has 0 aliphatic carbocycles. The van der Waals surface area contributed by atoms with Crippen molar-refractivity contribution in [2.24, 2.45) is 0 Å². The summed E-state index contributed by atoms with van der Waals surface area (Å²) in [6.45, 7) is 4.11. The molecule has 3 aromatic heterocycles. The molecule has 7 heteroatoms. The van der Waals surface area contributed by atoms with E-state index in [1.165, 1.54) is 10.7 Å². The van der Waals surface area contributed by atoms with Crippen molar-refractivity contribution in [1.29, 1.82) is 5.26 Å². The van der Waals surface area contributed by atoms with Gasteiger partial charge in [-0.05, 0) is 65.9 Å². The molecule has 170 valence electrons. The maximum atomic E-state index is 13.8. The number of aromatic nitrogens is 4. The first kappa shape index (κ1) is 22.0. The van der Waals surface area contributed by atoms with Gasteiger partial charge >= 0.3 is 5.56 Å². The summed E-state index contributed by atoms with van der Waals surface area (Å²) in [7, 11) is 0. The Balaban J connectivity index is 1.75. The predicted octanol–water partition coefficient (Wildman–Crippen LogP) is 3.32. The maximum Gasteiger partial charge on any atom is 0.349 e. The summed E-state index contributed by atoms with van der Waals surface area (Å²) < 4.78 is 3.07. The topological polar surface area (TPSA) is 98.0 Å². The summed E-state index contributed by atoms with van der Waals surface area (Å²) >= 11 is 0. The number of pyridine rings is 1. The molecular weight excluding hydrogens is 438 g/mol. The average molecular weight is 460 g/mol. The molecule has 2 aromatic carbocycles. The Morgan fingerprint density at radius 3 is 2.54 bits per heavy atom. The Morgan fingerprint density at radius 2 is 1.80 bits per heavy atom. The van der Waals surface area contributed by atoms with Crippen LogP contribution in [0.1, 0.15) is 22.3 Å². The van der Waals surface area contributed by atoms with Crippen molar-refractivity contribution in [1.82, 2.24) is 14.4 Å². The van der Waals surface area contributed by atoms with E-state index in [9.17, 15) is 15.2 Å². The van der Waals surface area contributed by atoms with Crippen molar-refractivity contribution in [2.75, 3.05) is 0 Å². The molecule has 0 saturated carbocycles. The minimum atomic E-state index is -0.377. The first-order chi connectivity index (χ1) is 17.0. The van der Waals surface area contributed by atoms with E-state index in [-0.39, 0.29) is 23.5 Å². The van der Waals surface area contributed by atoms with Gasteiger partial charge in [0.25, 0.3) is 5.65 Å². The van der Waals surface area contributed by atoms with E-state index in [2.05, 4.69) is 16.0 Å². The SMILES string of the molecule is Cc1cc(-c2ccc(C#N)cc2C)cc(-c2c([O-])[n+](Cc3cncnc3)c3ccccn3c2=O)c1. The van der Waals surface area contributed by atoms with E-state index < -0.39 is 0 Å². The van der Waals surface area contributed by atoms with Gasteiger partial charge < -0.3 is 5.11 Å². The molecule has 0 unspecified atom stereocenters. The van der Waals surface area contributed by atoms with Crippen LogP contribution in [-0.4, -0.2) is 14.4 Å². The van der Waals surface area contributed by atoms with Crippen molar-refractivity contribution < 1.29 is 9.67 Å². The average Bonchev–Trinajstić information content (AvgIpc) is 2.87. The lowest BCUT2D eigenvalue weighted by atomic mass is 9.94. The fourth-order valence-corrected chi connectivity index (χ4v) is 4.41. The van der Waals surface area contributed by atoms with E-state index in [1.54, 1.807) is 47.4 Å². The van der Waals surface area contributed by atoms with Gasteiger partial charge in [-0.3, -0.25) is 0 Å². The maximum absolute atomic E-state index is 13.8. The first-order valence-electron chi connectivity index (χ1n) is 11.1. The lowest BCUT2D eigenvalue weighted by Gasteiger charge is -2.18. The second kappa shape index (κ2) is 8.84. The molecule has 3 heterocycles. The Bertz CT molecular complexity index is 1680. The van der Waals surface area contributed by atoms with Gasteiger partial charge in [0.05, 0.1) is 23.7 Å². The molecule has 0 aliphatic heterocycles. The third-order valence-electron chi connectivity index (χ3n) is 5.99. The van der Waals surface area contributed by atoms with Crippen LogP contribution in [0.2, 0.25) is 0 Å². The highest BCUT2D eigenvalue weighted by atomic mass is 16.3. The van der Waals surface area contributed by atoms with Crippen LogP contribution in [0.3, 0.4) is 0 Å². The normalized spacial score (nSPS) is 10.9. The Labute approximate surface area is 201 Å². The summed E-state index contributed by atoms with van der Waals surface area (Å²) in [5.41, 5.74) is 5.78. The van der Waals surface area contributed by atoms with E-state index in [0.717, 1.165) is 27.8 Å². The molecule has 0 amide bonds. The monoisotopic (exact) mass is 459 g/mol. The van der Waals surface area contributed by atoms with Crippen LogP contribution >= 0.6 is 0 Å². The summed E-state index contributed by atoms with van der Waals surface area (Å²) in [5, 5.41) is 23.0. The zero-order valence-corrected chi connectivity index (χ0v) is 19.3. The molecule has 0 radical (unpaired) electrons. The fraction of sp³-hybridized carbons (Fsp3) is 0.107. The van der Waals surface area contributed by atoms with Crippen LogP contribution in [0.15, 0.2) is 84.3 Å². The number of aryl methyl sites for hydroxylation is 2. The number of rotatable bonds is 4. The van der Waals surface area contributed by atoms with Gasteiger partial charge in [-0.25, -0.2) is 19.3 Å². The van der Waals surface area contributed by atoms with Gasteiger partial charge in [0.15, 0.2) is 0 Å². The molecule has 7 nitrogen and oxygen atoms in total. The third kappa shape index (κ3) is 4.02. The number of fused-ring (bicyclic) bond motifs is 1. The fourth-order valence-electron chi connectivity index (χ4n) is 4.41. The van der Waals surface area contributed by atoms with Crippen molar-refractivity contribution in [3.8, 4) is 34.2 Å². The lowest BCUT2D eigenvalue weighted by molar-refractivity contribution is -0.708. The quantitative estimate of drug-likeness (QED) is 0.384. The van der Waals surface area contributed by atoms with E-state index in [1.807, 2.05) is 44.2 Å². The number of benzene rings is 2. The molecular formula is C28H21N5O2. The number of hydrogen-bond donors (Lipinski definition) is 0. The molecule has 0 aliphatic rings. The summed E-state index contributed by atoms with van der Waals surface area (Å²) in [6, 6.07) is 18.7. The van der Waals surface area contributed by atoms with Crippen molar-refractivity contribution in [3.05, 3.63) is 112 Å². The van der Waals surface area contributed by atoms with Gasteiger partial charge in [0.1, 0.15) is 18.4 Å². The molecule has 0 fully saturated rings. The van der Waals surface area contributed by atoms with Crippen LogP contribution in [0, 0.1) is 25.2 Å². The molecule has 0 N–H and O–H groups in total. The highest BCUT2D eigenvalue weighted by molar-refractivity contribution is 5.77. The van der Waals surface area contributed by atoms with Crippen LogP contribution in [-0.2, 0) is 6.54 Å². The third-order valence-corrected chi connectivity index (χ3v) is 5.99. The molecule has 5 rings (SSSR count). The second-order valence-corrected chi connectivity index (χ2v) is 8.48. The first-order valence-corrected chi connectivity index (χ1v) is 11.1. The Morgan fingerprint density at radius 1 is 1.03 bits per heavy atom. The Hall–Kier alpha value is -4.83. The summed E-state index contributed by atoms with van der Waals surface area (Å²) in [5.74, 6) is -0.377. The molecule has 5 aromatic rings. The highest BCUT2D eigenvalue weighted by Gasteiger charge is 2.21. The smallest absolute Gasteiger partial charge is 0.349 e. The minimum Gasteiger partial charge on any atom is -0.842 e. The van der Waals surface area contributed by atoms with Crippen molar-refractivity contribution in [2.45, 2.75) is 20.4 Å². The van der Waals surface area contributed by atoms with Gasteiger partial charge in [-0.2, -0.15) is 9.66 Å². The van der Waals surface area contributed by atoms with E-state index >= 15 is 0 Å². The zero-order valence-electron chi connectivity index (χ0n) is 19.3. The van der Waals surface area contributed by atoms with Crippen molar-refractivity contribution in [3.63, 3.8) is 0 Å².